The minimum Gasteiger partial charge on any atom is -0.501 e. The summed E-state index contributed by atoms with van der Waals surface area (Å²) < 4.78 is 4.42. The maximum absolute atomic E-state index is 11.3. The predicted molar refractivity (Wildman–Crippen MR) is 63.7 cm³/mol. The molecular formula is C13H14O5. The Balaban J connectivity index is 5.21. The van der Waals surface area contributed by atoms with E-state index >= 15 is 0 Å². The Labute approximate surface area is 105 Å². The lowest BCUT2D eigenvalue weighted by Crippen LogP contribution is -2.36. The summed E-state index contributed by atoms with van der Waals surface area (Å²) in [5.41, 5.74) is 8.04. The quantitative estimate of drug-likeness (QED) is 0.199. The molecule has 5 nitrogen and oxygen atoms in total. The SMILES string of the molecule is CC=C=C=C=C=C(O)/C=C/C(C)(OO)C(=O)OC. The van der Waals surface area contributed by atoms with Gasteiger partial charge in [-0.3, -0.25) is 5.26 Å². The van der Waals surface area contributed by atoms with Crippen LogP contribution >= 0.6 is 0 Å². The highest BCUT2D eigenvalue weighted by Crippen LogP contribution is 2.13. The Hall–Kier alpha value is -2.21. The third-order valence-electron chi connectivity index (χ3n) is 1.81. The van der Waals surface area contributed by atoms with E-state index in [1.165, 1.54) is 6.92 Å². The minimum atomic E-state index is -1.70. The lowest BCUT2D eigenvalue weighted by molar-refractivity contribution is -0.298. The van der Waals surface area contributed by atoms with Gasteiger partial charge in [0.15, 0.2) is 5.76 Å². The molecule has 1 unspecified atom stereocenters. The molecule has 18 heavy (non-hydrogen) atoms. The van der Waals surface area contributed by atoms with Gasteiger partial charge in [0, 0.05) is 0 Å². The number of ether oxygens (including phenoxy) is 1. The Morgan fingerprint density at radius 1 is 1.39 bits per heavy atom. The smallest absolute Gasteiger partial charge is 0.345 e. The molecule has 0 fully saturated rings. The van der Waals surface area contributed by atoms with Crippen molar-refractivity contribution in [2.24, 2.45) is 0 Å². The van der Waals surface area contributed by atoms with Gasteiger partial charge in [-0.2, -0.15) is 0 Å². The van der Waals surface area contributed by atoms with E-state index in [0.717, 1.165) is 19.3 Å². The fourth-order valence-electron chi connectivity index (χ4n) is 0.822. The monoisotopic (exact) mass is 250 g/mol. The normalized spacial score (nSPS) is 12.4. The van der Waals surface area contributed by atoms with E-state index in [1.54, 1.807) is 13.0 Å². The van der Waals surface area contributed by atoms with Crippen molar-refractivity contribution in [3.8, 4) is 0 Å². The highest BCUT2D eigenvalue weighted by molar-refractivity contribution is 5.81. The van der Waals surface area contributed by atoms with Gasteiger partial charge >= 0.3 is 5.97 Å². The highest BCUT2D eigenvalue weighted by atomic mass is 17.1. The number of aliphatic hydroxyl groups is 1. The maximum atomic E-state index is 11.3. The zero-order valence-electron chi connectivity index (χ0n) is 10.4. The molecule has 0 aliphatic carbocycles. The fourth-order valence-corrected chi connectivity index (χ4v) is 0.822. The number of hydrogen-bond acceptors (Lipinski definition) is 5. The lowest BCUT2D eigenvalue weighted by atomic mass is 10.1. The summed E-state index contributed by atoms with van der Waals surface area (Å²) in [6, 6.07) is 0. The molecule has 0 radical (unpaired) electrons. The number of allylic oxidation sites excluding steroid dienone is 2. The summed E-state index contributed by atoms with van der Waals surface area (Å²) in [6.45, 7) is 3.01. The highest BCUT2D eigenvalue weighted by Gasteiger charge is 2.33. The van der Waals surface area contributed by atoms with Crippen LogP contribution in [0.25, 0.3) is 0 Å². The van der Waals surface area contributed by atoms with Crippen LogP contribution in [-0.4, -0.2) is 29.0 Å². The number of carbonyl (C=O) groups is 1. The van der Waals surface area contributed by atoms with Crippen LogP contribution in [0.5, 0.6) is 0 Å². The third-order valence-corrected chi connectivity index (χ3v) is 1.81. The van der Waals surface area contributed by atoms with Crippen LogP contribution in [-0.2, 0) is 14.4 Å². The first-order valence-corrected chi connectivity index (χ1v) is 4.95. The van der Waals surface area contributed by atoms with Crippen molar-refractivity contribution in [2.75, 3.05) is 7.11 Å². The van der Waals surface area contributed by atoms with Gasteiger partial charge in [0.1, 0.15) is 0 Å². The summed E-state index contributed by atoms with van der Waals surface area (Å²) in [4.78, 5) is 15.3. The van der Waals surface area contributed by atoms with Crippen molar-refractivity contribution < 1.29 is 24.8 Å². The first kappa shape index (κ1) is 15.8. The largest absolute Gasteiger partial charge is 0.501 e. The molecule has 2 N–H and O–H groups in total. The number of methoxy groups -OCH3 is 1. The van der Waals surface area contributed by atoms with Gasteiger partial charge in [0.25, 0.3) is 0 Å². The summed E-state index contributed by atoms with van der Waals surface area (Å²) in [7, 11) is 1.15. The van der Waals surface area contributed by atoms with Crippen LogP contribution in [0.2, 0.25) is 0 Å². The molecule has 0 rings (SSSR count). The van der Waals surface area contributed by atoms with Crippen LogP contribution in [0, 0.1) is 0 Å². The molecule has 0 saturated carbocycles. The van der Waals surface area contributed by atoms with Crippen LogP contribution in [0.3, 0.4) is 0 Å². The molecule has 0 saturated heterocycles. The van der Waals surface area contributed by atoms with Gasteiger partial charge in [-0.15, -0.1) is 0 Å². The first-order valence-electron chi connectivity index (χ1n) is 4.95. The van der Waals surface area contributed by atoms with Gasteiger partial charge in [-0.25, -0.2) is 9.68 Å². The van der Waals surface area contributed by atoms with E-state index in [0.29, 0.717) is 0 Å². The number of hydrogen-bond donors (Lipinski definition) is 2. The van der Waals surface area contributed by atoms with Gasteiger partial charge in [0.2, 0.25) is 5.60 Å². The van der Waals surface area contributed by atoms with E-state index in [9.17, 15) is 9.90 Å². The van der Waals surface area contributed by atoms with Crippen molar-refractivity contribution in [3.63, 3.8) is 0 Å². The van der Waals surface area contributed by atoms with Crippen LogP contribution in [0.15, 0.2) is 46.9 Å². The van der Waals surface area contributed by atoms with Crippen molar-refractivity contribution in [1.29, 1.82) is 0 Å². The van der Waals surface area contributed by atoms with E-state index in [2.05, 4.69) is 32.5 Å². The molecule has 1 atom stereocenters. The summed E-state index contributed by atoms with van der Waals surface area (Å²) >= 11 is 0. The van der Waals surface area contributed by atoms with Gasteiger partial charge in [0.05, 0.1) is 7.11 Å². The van der Waals surface area contributed by atoms with Crippen LogP contribution < -0.4 is 0 Å². The first-order chi connectivity index (χ1) is 8.50. The van der Waals surface area contributed by atoms with E-state index in [4.69, 9.17) is 5.26 Å². The molecule has 0 aromatic rings. The predicted octanol–water partition coefficient (Wildman–Crippen LogP) is 2.05. The molecule has 0 spiro atoms. The topological polar surface area (TPSA) is 76.0 Å². The van der Waals surface area contributed by atoms with E-state index in [1.807, 2.05) is 0 Å². The number of esters is 1. The molecular weight excluding hydrogens is 236 g/mol. The molecule has 5 heteroatoms. The standard InChI is InChI=1S/C13H14O5/c1-4-5-6-7-8-11(14)9-10-13(2,18-16)12(15)17-3/h4,9-10,14,16H,1-3H3/b10-9+. The van der Waals surface area contributed by atoms with Crippen molar-refractivity contribution in [3.05, 3.63) is 46.9 Å². The molecule has 0 aromatic carbocycles. The van der Waals surface area contributed by atoms with Gasteiger partial charge < -0.3 is 9.84 Å². The second kappa shape index (κ2) is 7.97. The van der Waals surface area contributed by atoms with Crippen LogP contribution in [0.4, 0.5) is 0 Å². The average Bonchev–Trinajstić information content (AvgIpc) is 2.39. The third kappa shape index (κ3) is 5.22. The molecule has 0 aliphatic rings. The lowest BCUT2D eigenvalue weighted by Gasteiger charge is -2.17. The van der Waals surface area contributed by atoms with Crippen molar-refractivity contribution in [1.82, 2.24) is 0 Å². The summed E-state index contributed by atoms with van der Waals surface area (Å²) in [5.74, 6) is -1.14. The zero-order valence-corrected chi connectivity index (χ0v) is 10.4. The van der Waals surface area contributed by atoms with Gasteiger partial charge in [-0.1, -0.05) is 5.73 Å². The van der Waals surface area contributed by atoms with Crippen molar-refractivity contribution in [2.45, 2.75) is 19.4 Å². The Morgan fingerprint density at radius 3 is 2.56 bits per heavy atom. The fraction of sp³-hybridized carbons (Fsp3) is 0.308. The van der Waals surface area contributed by atoms with E-state index < -0.39 is 11.6 Å². The van der Waals surface area contributed by atoms with Gasteiger partial charge in [-0.05, 0) is 49.3 Å². The molecule has 0 heterocycles. The Kier molecular flexibility index (Phi) is 6.99. The number of carbonyl (C=O) groups excluding carboxylic acids is 1. The molecule has 0 amide bonds. The minimum absolute atomic E-state index is 0.326. The Morgan fingerprint density at radius 2 is 2.06 bits per heavy atom. The molecule has 0 aromatic heterocycles. The van der Waals surface area contributed by atoms with Crippen LogP contribution in [0.1, 0.15) is 13.8 Å². The Bertz CT molecular complexity index is 491. The second-order valence-electron chi connectivity index (χ2n) is 3.22. The molecule has 96 valence electrons. The second-order valence-corrected chi connectivity index (χ2v) is 3.22. The average molecular weight is 250 g/mol. The maximum Gasteiger partial charge on any atom is 0.345 e. The summed E-state index contributed by atoms with van der Waals surface area (Å²) in [5, 5.41) is 18.0. The van der Waals surface area contributed by atoms with E-state index in [-0.39, 0.29) is 5.76 Å². The molecule has 0 aliphatic heterocycles. The molecule has 0 bridgehead atoms. The summed E-state index contributed by atoms with van der Waals surface area (Å²) in [6.07, 6.45) is 3.83. The van der Waals surface area contributed by atoms with Crippen molar-refractivity contribution >= 4 is 5.97 Å². The zero-order chi connectivity index (χ0) is 14.0. The number of rotatable bonds is 4. The number of aliphatic hydroxyl groups excluding tert-OH is 1.